The monoisotopic (exact) mass is 414 g/mol. The van der Waals surface area contributed by atoms with Gasteiger partial charge in [0.1, 0.15) is 4.90 Å². The lowest BCUT2D eigenvalue weighted by atomic mass is 10.4. The van der Waals surface area contributed by atoms with Gasteiger partial charge in [0, 0.05) is 9.85 Å². The zero-order valence-corrected chi connectivity index (χ0v) is 14.9. The first kappa shape index (κ1) is 16.2. The molecule has 0 saturated heterocycles. The van der Waals surface area contributed by atoms with E-state index in [2.05, 4.69) is 25.6 Å². The second kappa shape index (κ2) is 6.29. The maximum atomic E-state index is 12.2. The van der Waals surface area contributed by atoms with E-state index >= 15 is 0 Å². The first-order valence-corrected chi connectivity index (χ1v) is 9.26. The Morgan fingerprint density at radius 3 is 2.45 bits per heavy atom. The van der Waals surface area contributed by atoms with Crippen molar-refractivity contribution in [1.82, 2.24) is 9.71 Å². The Hall–Kier alpha value is -0.180. The van der Waals surface area contributed by atoms with E-state index in [1.165, 1.54) is 23.5 Å². The van der Waals surface area contributed by atoms with E-state index in [9.17, 15) is 8.42 Å². The van der Waals surface area contributed by atoms with Crippen LogP contribution in [0.4, 0.5) is 0 Å². The van der Waals surface area contributed by atoms with Crippen molar-refractivity contribution in [1.29, 1.82) is 0 Å². The Morgan fingerprint density at radius 1 is 1.35 bits per heavy atom. The summed E-state index contributed by atoms with van der Waals surface area (Å²) in [6.07, 6.45) is 0. The number of nitrogens with one attached hydrogen (secondary N) is 1. The van der Waals surface area contributed by atoms with Crippen LogP contribution in [0.2, 0.25) is 10.0 Å². The third-order valence-electron chi connectivity index (χ3n) is 2.34. The minimum absolute atomic E-state index is 0.0614. The number of sulfonamides is 1. The highest BCUT2D eigenvalue weighted by Crippen LogP contribution is 2.32. The molecule has 9 heteroatoms. The first-order chi connectivity index (χ1) is 9.29. The number of nitrogens with zero attached hydrogens (tertiary/aromatic N) is 1. The van der Waals surface area contributed by atoms with Crippen molar-refractivity contribution in [2.45, 2.75) is 18.4 Å². The predicted octanol–water partition coefficient (Wildman–Crippen LogP) is 4.00. The fourth-order valence-corrected chi connectivity index (χ4v) is 5.06. The molecule has 4 nitrogen and oxygen atoms in total. The van der Waals surface area contributed by atoms with Gasteiger partial charge in [-0.3, -0.25) is 0 Å². The molecule has 2 aromatic rings. The van der Waals surface area contributed by atoms with Crippen LogP contribution >= 0.6 is 50.5 Å². The number of hydrogen-bond acceptors (Lipinski definition) is 4. The van der Waals surface area contributed by atoms with Gasteiger partial charge in [0.2, 0.25) is 10.0 Å². The van der Waals surface area contributed by atoms with Gasteiger partial charge in [-0.25, -0.2) is 18.1 Å². The average molecular weight is 416 g/mol. The van der Waals surface area contributed by atoms with Crippen molar-refractivity contribution in [3.05, 3.63) is 42.7 Å². The maximum Gasteiger partial charge on any atom is 0.243 e. The van der Waals surface area contributed by atoms with Crippen molar-refractivity contribution in [2.75, 3.05) is 0 Å². The summed E-state index contributed by atoms with van der Waals surface area (Å²) < 4.78 is 27.5. The molecule has 0 aliphatic carbocycles. The lowest BCUT2D eigenvalue weighted by molar-refractivity contribution is 0.580. The lowest BCUT2D eigenvalue weighted by Crippen LogP contribution is -2.24. The summed E-state index contributed by atoms with van der Waals surface area (Å²) in [5, 5.41) is 2.79. The standard InChI is InChI=1S/C11H9BrCl2N2O2S2/c1-6-16-8(5-19-6)4-15-20(17,18)11-9(13)2-7(12)3-10(11)14/h2-3,5,15H,4H2,1H3. The Kier molecular flexibility index (Phi) is 5.09. The van der Waals surface area contributed by atoms with Crippen LogP contribution in [-0.2, 0) is 16.6 Å². The quantitative estimate of drug-likeness (QED) is 0.820. The van der Waals surface area contributed by atoms with Crippen LogP contribution in [0.5, 0.6) is 0 Å². The fourth-order valence-electron chi connectivity index (χ4n) is 1.52. The van der Waals surface area contributed by atoms with Crippen LogP contribution in [-0.4, -0.2) is 13.4 Å². The van der Waals surface area contributed by atoms with Crippen molar-refractivity contribution >= 4 is 60.5 Å². The van der Waals surface area contributed by atoms with Crippen LogP contribution in [0.1, 0.15) is 10.7 Å². The minimum Gasteiger partial charge on any atom is -0.245 e. The van der Waals surface area contributed by atoms with Gasteiger partial charge < -0.3 is 0 Å². The summed E-state index contributed by atoms with van der Waals surface area (Å²) >= 11 is 16.6. The van der Waals surface area contributed by atoms with E-state index in [0.29, 0.717) is 10.2 Å². The Balaban J connectivity index is 2.27. The molecule has 0 radical (unpaired) electrons. The highest BCUT2D eigenvalue weighted by Gasteiger charge is 2.22. The van der Waals surface area contributed by atoms with E-state index in [1.54, 1.807) is 5.38 Å². The normalized spacial score (nSPS) is 11.8. The van der Waals surface area contributed by atoms with Crippen LogP contribution in [0.15, 0.2) is 26.9 Å². The van der Waals surface area contributed by atoms with E-state index < -0.39 is 10.0 Å². The zero-order valence-electron chi connectivity index (χ0n) is 10.2. The summed E-state index contributed by atoms with van der Waals surface area (Å²) in [6, 6.07) is 2.96. The molecule has 0 saturated carbocycles. The van der Waals surface area contributed by atoms with E-state index in [4.69, 9.17) is 23.2 Å². The molecule has 0 spiro atoms. The lowest BCUT2D eigenvalue weighted by Gasteiger charge is -2.09. The van der Waals surface area contributed by atoms with E-state index in [0.717, 1.165) is 5.01 Å². The number of rotatable bonds is 4. The summed E-state index contributed by atoms with van der Waals surface area (Å²) in [7, 11) is -3.80. The van der Waals surface area contributed by atoms with E-state index in [1.807, 2.05) is 6.92 Å². The van der Waals surface area contributed by atoms with Gasteiger partial charge in [-0.15, -0.1) is 11.3 Å². The van der Waals surface area contributed by atoms with Crippen LogP contribution in [0.3, 0.4) is 0 Å². The van der Waals surface area contributed by atoms with Crippen molar-refractivity contribution in [3.63, 3.8) is 0 Å². The Labute approximate surface area is 139 Å². The van der Waals surface area contributed by atoms with Gasteiger partial charge in [0.05, 0.1) is 27.3 Å². The van der Waals surface area contributed by atoms with Gasteiger partial charge >= 0.3 is 0 Å². The molecule has 0 unspecified atom stereocenters. The second-order valence-electron chi connectivity index (χ2n) is 3.88. The molecule has 1 aromatic carbocycles. The summed E-state index contributed by atoms with van der Waals surface area (Å²) in [5.41, 5.74) is 0.653. The molecule has 0 fully saturated rings. The van der Waals surface area contributed by atoms with E-state index in [-0.39, 0.29) is 21.5 Å². The molecule has 0 bridgehead atoms. The number of benzene rings is 1. The second-order valence-corrected chi connectivity index (χ2v) is 8.38. The van der Waals surface area contributed by atoms with Crippen molar-refractivity contribution in [3.8, 4) is 0 Å². The topological polar surface area (TPSA) is 59.1 Å². The molecule has 0 aliphatic rings. The molecule has 1 aromatic heterocycles. The van der Waals surface area contributed by atoms with Crippen LogP contribution in [0.25, 0.3) is 0 Å². The summed E-state index contributed by atoms with van der Waals surface area (Å²) in [6.45, 7) is 1.94. The molecule has 1 N–H and O–H groups in total. The summed E-state index contributed by atoms with van der Waals surface area (Å²) in [5.74, 6) is 0. The first-order valence-electron chi connectivity index (χ1n) is 5.35. The summed E-state index contributed by atoms with van der Waals surface area (Å²) in [4.78, 5) is 4.06. The zero-order chi connectivity index (χ0) is 14.9. The minimum atomic E-state index is -3.80. The molecular formula is C11H9BrCl2N2O2S2. The highest BCUT2D eigenvalue weighted by atomic mass is 79.9. The molecule has 0 aliphatic heterocycles. The van der Waals surface area contributed by atoms with Gasteiger partial charge in [0.15, 0.2) is 0 Å². The fraction of sp³-hybridized carbons (Fsp3) is 0.182. The number of aromatic nitrogens is 1. The third-order valence-corrected chi connectivity index (χ3v) is 5.94. The third kappa shape index (κ3) is 3.72. The number of thiazole rings is 1. The molecule has 108 valence electrons. The number of aryl methyl sites for hydroxylation is 1. The molecule has 0 amide bonds. The smallest absolute Gasteiger partial charge is 0.243 e. The maximum absolute atomic E-state index is 12.2. The van der Waals surface area contributed by atoms with Crippen molar-refractivity contribution < 1.29 is 8.42 Å². The van der Waals surface area contributed by atoms with Gasteiger partial charge in [-0.1, -0.05) is 39.1 Å². The van der Waals surface area contributed by atoms with Crippen LogP contribution in [0, 0.1) is 6.92 Å². The molecular weight excluding hydrogens is 407 g/mol. The average Bonchev–Trinajstić information content (AvgIpc) is 2.71. The van der Waals surface area contributed by atoms with Crippen LogP contribution < -0.4 is 4.72 Å². The predicted molar refractivity (Wildman–Crippen MR) is 85.0 cm³/mol. The van der Waals surface area contributed by atoms with Gasteiger partial charge in [-0.05, 0) is 19.1 Å². The van der Waals surface area contributed by atoms with Crippen molar-refractivity contribution in [2.24, 2.45) is 0 Å². The number of halogens is 3. The molecule has 0 atom stereocenters. The van der Waals surface area contributed by atoms with Gasteiger partial charge in [0.25, 0.3) is 0 Å². The van der Waals surface area contributed by atoms with Gasteiger partial charge in [-0.2, -0.15) is 0 Å². The Morgan fingerprint density at radius 2 is 1.95 bits per heavy atom. The number of hydrogen-bond donors (Lipinski definition) is 1. The molecule has 2 rings (SSSR count). The molecule has 1 heterocycles. The SMILES string of the molecule is Cc1nc(CNS(=O)(=O)c2c(Cl)cc(Br)cc2Cl)cs1. The Bertz CT molecular complexity index is 724. The highest BCUT2D eigenvalue weighted by molar-refractivity contribution is 9.10. The molecule has 20 heavy (non-hydrogen) atoms. The largest absolute Gasteiger partial charge is 0.245 e.